The van der Waals surface area contributed by atoms with Crippen molar-refractivity contribution in [2.75, 3.05) is 39.9 Å². The van der Waals surface area contributed by atoms with Crippen LogP contribution < -0.4 is 9.47 Å². The zero-order valence-corrected chi connectivity index (χ0v) is 14.6. The number of carbonyl (C=O) groups is 1. The third-order valence-corrected chi connectivity index (χ3v) is 4.20. The number of aryl methyl sites for hydroxylation is 1. The van der Waals surface area contributed by atoms with E-state index in [1.165, 1.54) is 0 Å². The Hall–Kier alpha value is -2.54. The smallest absolute Gasteiger partial charge is 0.260 e. The van der Waals surface area contributed by atoms with Crippen LogP contribution in [0.5, 0.6) is 11.5 Å². The van der Waals surface area contributed by atoms with E-state index in [0.717, 1.165) is 31.1 Å². The highest BCUT2D eigenvalue weighted by Gasteiger charge is 2.22. The average Bonchev–Trinajstić information content (AvgIpc) is 3.05. The summed E-state index contributed by atoms with van der Waals surface area (Å²) in [5, 5.41) is 3.90. The number of aromatic nitrogens is 1. The minimum Gasteiger partial charge on any atom is -0.493 e. The Labute approximate surface area is 147 Å². The molecule has 2 heterocycles. The molecule has 1 amide bonds. The zero-order valence-electron chi connectivity index (χ0n) is 14.6. The van der Waals surface area contributed by atoms with Gasteiger partial charge in [0.1, 0.15) is 0 Å². The number of methoxy groups -OCH3 is 1. The van der Waals surface area contributed by atoms with Gasteiger partial charge >= 0.3 is 0 Å². The molecule has 0 aliphatic carbocycles. The van der Waals surface area contributed by atoms with Crippen molar-refractivity contribution < 1.29 is 18.8 Å². The summed E-state index contributed by atoms with van der Waals surface area (Å²) in [7, 11) is 1.58. The summed E-state index contributed by atoms with van der Waals surface area (Å²) in [5.74, 6) is 2.05. The number of carbonyl (C=O) groups excluding carboxylic acids is 1. The Kier molecular flexibility index (Phi) is 5.55. The maximum atomic E-state index is 12.4. The van der Waals surface area contributed by atoms with Crippen molar-refractivity contribution in [3.8, 4) is 11.5 Å². The molecule has 1 aromatic carbocycles. The van der Waals surface area contributed by atoms with Gasteiger partial charge in [-0.25, -0.2) is 0 Å². The topological polar surface area (TPSA) is 68.0 Å². The lowest BCUT2D eigenvalue weighted by molar-refractivity contribution is -0.135. The van der Waals surface area contributed by atoms with E-state index in [1.54, 1.807) is 13.2 Å². The molecule has 1 aliphatic rings. The second-order valence-electron chi connectivity index (χ2n) is 6.03. The predicted molar refractivity (Wildman–Crippen MR) is 91.6 cm³/mol. The van der Waals surface area contributed by atoms with Gasteiger partial charge in [-0.05, 0) is 19.1 Å². The van der Waals surface area contributed by atoms with Crippen molar-refractivity contribution in [2.45, 2.75) is 13.5 Å². The minimum absolute atomic E-state index is 0.0129. The lowest BCUT2D eigenvalue weighted by Crippen LogP contribution is -2.49. The lowest BCUT2D eigenvalue weighted by Gasteiger charge is -2.34. The molecule has 2 aromatic rings. The Morgan fingerprint density at radius 3 is 2.56 bits per heavy atom. The Bertz CT molecular complexity index is 708. The number of hydrogen-bond donors (Lipinski definition) is 0. The molecule has 0 spiro atoms. The third kappa shape index (κ3) is 4.51. The molecule has 1 saturated heterocycles. The highest BCUT2D eigenvalue weighted by molar-refractivity contribution is 5.78. The number of hydrogen-bond acceptors (Lipinski definition) is 6. The van der Waals surface area contributed by atoms with Crippen LogP contribution >= 0.6 is 0 Å². The molecular formula is C18H23N3O4. The lowest BCUT2D eigenvalue weighted by atomic mass is 10.3. The number of piperazine rings is 1. The number of rotatable bonds is 6. The molecule has 134 valence electrons. The van der Waals surface area contributed by atoms with Crippen molar-refractivity contribution in [3.63, 3.8) is 0 Å². The molecule has 7 nitrogen and oxygen atoms in total. The van der Waals surface area contributed by atoms with Gasteiger partial charge in [0.15, 0.2) is 23.9 Å². The summed E-state index contributed by atoms with van der Waals surface area (Å²) in [6.07, 6.45) is 0. The van der Waals surface area contributed by atoms with Gasteiger partial charge in [0.05, 0.1) is 19.3 Å². The SMILES string of the molecule is COc1ccccc1OCC(=O)N1CCN(Cc2cc(C)no2)CC1. The molecule has 0 bridgehead atoms. The standard InChI is InChI=1S/C18H23N3O4/c1-14-11-15(25-19-14)12-20-7-9-21(10-8-20)18(22)13-24-17-6-4-3-5-16(17)23-2/h3-6,11H,7-10,12-13H2,1-2H3. The molecule has 0 atom stereocenters. The molecule has 1 aliphatic heterocycles. The third-order valence-electron chi connectivity index (χ3n) is 4.20. The van der Waals surface area contributed by atoms with E-state index >= 15 is 0 Å². The van der Waals surface area contributed by atoms with Gasteiger partial charge in [-0.3, -0.25) is 9.69 Å². The minimum atomic E-state index is -0.0129. The maximum absolute atomic E-state index is 12.4. The van der Waals surface area contributed by atoms with Gasteiger partial charge in [0.25, 0.3) is 5.91 Å². The summed E-state index contributed by atoms with van der Waals surface area (Å²) in [6.45, 7) is 5.62. The molecule has 0 N–H and O–H groups in total. The first-order valence-corrected chi connectivity index (χ1v) is 8.34. The van der Waals surface area contributed by atoms with Gasteiger partial charge in [-0.15, -0.1) is 0 Å². The van der Waals surface area contributed by atoms with Crippen LogP contribution in [0.25, 0.3) is 0 Å². The number of para-hydroxylation sites is 2. The zero-order chi connectivity index (χ0) is 17.6. The molecule has 25 heavy (non-hydrogen) atoms. The largest absolute Gasteiger partial charge is 0.493 e. The first-order chi connectivity index (χ1) is 12.2. The number of benzene rings is 1. The van der Waals surface area contributed by atoms with Gasteiger partial charge < -0.3 is 18.9 Å². The molecular weight excluding hydrogens is 322 g/mol. The highest BCUT2D eigenvalue weighted by atomic mass is 16.5. The van der Waals surface area contributed by atoms with Crippen molar-refractivity contribution in [1.82, 2.24) is 15.0 Å². The van der Waals surface area contributed by atoms with Crippen LogP contribution in [0, 0.1) is 6.92 Å². The van der Waals surface area contributed by atoms with Crippen LogP contribution in [-0.4, -0.2) is 60.8 Å². The van der Waals surface area contributed by atoms with Gasteiger partial charge in [0, 0.05) is 32.2 Å². The van der Waals surface area contributed by atoms with Crippen molar-refractivity contribution in [1.29, 1.82) is 0 Å². The predicted octanol–water partition coefficient (Wildman–Crippen LogP) is 1.71. The summed E-state index contributed by atoms with van der Waals surface area (Å²) >= 11 is 0. The average molecular weight is 345 g/mol. The second kappa shape index (κ2) is 8.02. The first-order valence-electron chi connectivity index (χ1n) is 8.34. The highest BCUT2D eigenvalue weighted by Crippen LogP contribution is 2.25. The number of nitrogens with zero attached hydrogens (tertiary/aromatic N) is 3. The van der Waals surface area contributed by atoms with Crippen molar-refractivity contribution in [2.24, 2.45) is 0 Å². The van der Waals surface area contributed by atoms with Gasteiger partial charge in [-0.2, -0.15) is 0 Å². The van der Waals surface area contributed by atoms with Crippen LogP contribution in [0.4, 0.5) is 0 Å². The summed E-state index contributed by atoms with van der Waals surface area (Å²) in [6, 6.07) is 9.26. The fraction of sp³-hybridized carbons (Fsp3) is 0.444. The molecule has 1 aromatic heterocycles. The summed E-state index contributed by atoms with van der Waals surface area (Å²) in [4.78, 5) is 16.4. The van der Waals surface area contributed by atoms with E-state index in [9.17, 15) is 4.79 Å². The van der Waals surface area contributed by atoms with Crippen LogP contribution in [-0.2, 0) is 11.3 Å². The molecule has 7 heteroatoms. The van der Waals surface area contributed by atoms with E-state index in [1.807, 2.05) is 36.1 Å². The van der Waals surface area contributed by atoms with Crippen molar-refractivity contribution in [3.05, 3.63) is 41.8 Å². The van der Waals surface area contributed by atoms with E-state index in [-0.39, 0.29) is 12.5 Å². The quantitative estimate of drug-likeness (QED) is 0.794. The monoisotopic (exact) mass is 345 g/mol. The van der Waals surface area contributed by atoms with E-state index < -0.39 is 0 Å². The number of ether oxygens (including phenoxy) is 2. The molecule has 0 unspecified atom stereocenters. The van der Waals surface area contributed by atoms with Crippen LogP contribution in [0.2, 0.25) is 0 Å². The summed E-state index contributed by atoms with van der Waals surface area (Å²) < 4.78 is 16.1. The summed E-state index contributed by atoms with van der Waals surface area (Å²) in [5.41, 5.74) is 0.886. The van der Waals surface area contributed by atoms with Gasteiger partial charge in [0.2, 0.25) is 0 Å². The Morgan fingerprint density at radius 1 is 1.20 bits per heavy atom. The van der Waals surface area contributed by atoms with Gasteiger partial charge in [-0.1, -0.05) is 17.3 Å². The Balaban J connectivity index is 1.45. The molecule has 1 fully saturated rings. The molecule has 0 saturated carbocycles. The molecule has 0 radical (unpaired) electrons. The van der Waals surface area contributed by atoms with E-state index in [0.29, 0.717) is 24.6 Å². The second-order valence-corrected chi connectivity index (χ2v) is 6.03. The van der Waals surface area contributed by atoms with E-state index in [2.05, 4.69) is 10.1 Å². The van der Waals surface area contributed by atoms with Crippen LogP contribution in [0.3, 0.4) is 0 Å². The first kappa shape index (κ1) is 17.3. The van der Waals surface area contributed by atoms with E-state index in [4.69, 9.17) is 14.0 Å². The maximum Gasteiger partial charge on any atom is 0.260 e. The fourth-order valence-corrected chi connectivity index (χ4v) is 2.84. The Morgan fingerprint density at radius 2 is 1.92 bits per heavy atom. The normalized spacial score (nSPS) is 15.2. The number of amides is 1. The van der Waals surface area contributed by atoms with Crippen LogP contribution in [0.1, 0.15) is 11.5 Å². The van der Waals surface area contributed by atoms with Crippen LogP contribution in [0.15, 0.2) is 34.9 Å². The molecule has 3 rings (SSSR count). The van der Waals surface area contributed by atoms with Crippen molar-refractivity contribution >= 4 is 5.91 Å². The fourth-order valence-electron chi connectivity index (χ4n) is 2.84.